The Hall–Kier alpha value is -5.80. The maximum atomic E-state index is 12.3. The first-order valence-corrected chi connectivity index (χ1v) is 13.2. The second kappa shape index (κ2) is 15.4. The number of phenols is 2. The number of hydrogen-bond donors (Lipinski definition) is 4. The number of nitriles is 4. The molecule has 220 valence electrons. The van der Waals surface area contributed by atoms with Gasteiger partial charge in [0.2, 0.25) is 0 Å². The fourth-order valence-corrected chi connectivity index (χ4v) is 3.99. The molecule has 0 spiro atoms. The van der Waals surface area contributed by atoms with Crippen LogP contribution in [0.2, 0.25) is 0 Å². The van der Waals surface area contributed by atoms with Crippen LogP contribution in [-0.2, 0) is 9.47 Å². The first kappa shape index (κ1) is 32.7. The molecule has 0 aliphatic carbocycles. The summed E-state index contributed by atoms with van der Waals surface area (Å²) in [6, 6.07) is 17.5. The van der Waals surface area contributed by atoms with E-state index in [1.807, 2.05) is 0 Å². The van der Waals surface area contributed by atoms with Gasteiger partial charge in [-0.3, -0.25) is 0 Å². The number of hydrogen-bond acceptors (Lipinski definition) is 14. The van der Waals surface area contributed by atoms with E-state index in [9.17, 15) is 40.8 Å². The standard InChI is InChI=1S/C30H20N4O8S2/c31-13-17(14-32)21-12-28(40-6-8-42-30(38)24-10-20(44)2-4-26(24)36)22(18(15-33)16-34)11-27(21)39-5-7-41-29(37)23-9-19(43)1-3-25(23)35/h1-4,9-12,35-36,43-44H,5-8H2. The molecule has 0 fully saturated rings. The van der Waals surface area contributed by atoms with Gasteiger partial charge >= 0.3 is 11.9 Å². The van der Waals surface area contributed by atoms with Gasteiger partial charge in [0.15, 0.2) is 0 Å². The van der Waals surface area contributed by atoms with Crippen molar-refractivity contribution in [3.63, 3.8) is 0 Å². The normalized spacial score (nSPS) is 9.77. The summed E-state index contributed by atoms with van der Waals surface area (Å²) >= 11 is 8.24. The van der Waals surface area contributed by atoms with Crippen molar-refractivity contribution >= 4 is 48.3 Å². The molecule has 14 heteroatoms. The summed E-state index contributed by atoms with van der Waals surface area (Å²) in [4.78, 5) is 25.5. The summed E-state index contributed by atoms with van der Waals surface area (Å²) in [6.07, 6.45) is 0. The van der Waals surface area contributed by atoms with Crippen LogP contribution in [0, 0.1) is 45.3 Å². The van der Waals surface area contributed by atoms with E-state index < -0.39 is 23.1 Å². The minimum atomic E-state index is -0.855. The molecule has 12 nitrogen and oxygen atoms in total. The van der Waals surface area contributed by atoms with E-state index in [-0.39, 0.29) is 71.0 Å². The lowest BCUT2D eigenvalue weighted by atomic mass is 10.1. The number of phenolic OH excluding ortho intramolecular Hbond substituents is 2. The van der Waals surface area contributed by atoms with E-state index in [0.29, 0.717) is 9.79 Å². The zero-order valence-corrected chi connectivity index (χ0v) is 24.3. The Morgan fingerprint density at radius 1 is 0.614 bits per heavy atom. The van der Waals surface area contributed by atoms with Crippen LogP contribution in [0.1, 0.15) is 20.7 Å². The van der Waals surface area contributed by atoms with Gasteiger partial charge in [-0.2, -0.15) is 21.0 Å². The Labute approximate surface area is 261 Å². The molecule has 0 aliphatic rings. The van der Waals surface area contributed by atoms with Crippen molar-refractivity contribution in [1.29, 1.82) is 21.0 Å². The molecule has 0 amide bonds. The third-order valence-electron chi connectivity index (χ3n) is 5.62. The highest BCUT2D eigenvalue weighted by Gasteiger charge is 2.16. The van der Waals surface area contributed by atoms with Crippen molar-refractivity contribution in [2.75, 3.05) is 26.4 Å². The number of rotatable bonds is 10. The largest absolute Gasteiger partial charge is 0.507 e. The van der Waals surface area contributed by atoms with Crippen molar-refractivity contribution in [3.05, 3.63) is 70.1 Å². The first-order valence-electron chi connectivity index (χ1n) is 12.3. The van der Waals surface area contributed by atoms with Crippen LogP contribution in [0.15, 0.2) is 58.3 Å². The van der Waals surface area contributed by atoms with Crippen LogP contribution in [-0.4, -0.2) is 48.6 Å². The molecule has 0 atom stereocenters. The molecule has 0 aliphatic heterocycles. The molecule has 0 radical (unpaired) electrons. The Morgan fingerprint density at radius 3 is 1.32 bits per heavy atom. The maximum absolute atomic E-state index is 12.3. The highest BCUT2D eigenvalue weighted by molar-refractivity contribution is 7.80. The minimum Gasteiger partial charge on any atom is -0.507 e. The average Bonchev–Trinajstić information content (AvgIpc) is 3.01. The first-order chi connectivity index (χ1) is 21.1. The van der Waals surface area contributed by atoms with Crippen LogP contribution >= 0.6 is 25.3 Å². The summed E-state index contributed by atoms with van der Waals surface area (Å²) in [5.41, 5.74) is -1.03. The minimum absolute atomic E-state index is 0.0526. The Kier molecular flexibility index (Phi) is 11.5. The summed E-state index contributed by atoms with van der Waals surface area (Å²) in [6.45, 7) is -1.20. The van der Waals surface area contributed by atoms with Gasteiger partial charge < -0.3 is 29.2 Å². The van der Waals surface area contributed by atoms with E-state index >= 15 is 0 Å². The quantitative estimate of drug-likeness (QED) is 0.145. The molecule has 3 aromatic carbocycles. The molecule has 44 heavy (non-hydrogen) atoms. The highest BCUT2D eigenvalue weighted by Crippen LogP contribution is 2.22. The number of ether oxygens (including phenoxy) is 4. The molecular formula is C30H20N4O8S2. The highest BCUT2D eigenvalue weighted by atomic mass is 32.1. The summed E-state index contributed by atoms with van der Waals surface area (Å²) in [7, 11) is 0. The monoisotopic (exact) mass is 628 g/mol. The summed E-state index contributed by atoms with van der Waals surface area (Å²) < 4.78 is 21.6. The number of benzene rings is 3. The van der Waals surface area contributed by atoms with E-state index in [2.05, 4.69) is 25.3 Å². The second-order valence-corrected chi connectivity index (χ2v) is 9.45. The summed E-state index contributed by atoms with van der Waals surface area (Å²) in [5, 5.41) is 57.7. The summed E-state index contributed by atoms with van der Waals surface area (Å²) in [5.74, 6) is -2.53. The lowest BCUT2D eigenvalue weighted by Gasteiger charge is -2.13. The van der Waals surface area contributed by atoms with Gasteiger partial charge in [0.25, 0.3) is 0 Å². The lowest BCUT2D eigenvalue weighted by molar-refractivity contribution is 0.0436. The second-order valence-electron chi connectivity index (χ2n) is 8.41. The molecule has 0 saturated carbocycles. The number of thiol groups is 2. The Bertz CT molecular complexity index is 1750. The number of esters is 2. The van der Waals surface area contributed by atoms with Gasteiger partial charge in [-0.1, -0.05) is 0 Å². The number of carbonyl (C=O) groups excluding carboxylic acids is 2. The smallest absolute Gasteiger partial charge is 0.342 e. The molecule has 0 bridgehead atoms. The third-order valence-corrected chi connectivity index (χ3v) is 6.17. The van der Waals surface area contributed by atoms with E-state index in [0.717, 1.165) is 0 Å². The van der Waals surface area contributed by atoms with Crippen LogP contribution < -0.4 is 19.9 Å². The number of carbonyl (C=O) groups is 2. The molecule has 2 N–H and O–H groups in total. The zero-order valence-electron chi connectivity index (χ0n) is 22.5. The van der Waals surface area contributed by atoms with Crippen LogP contribution in [0.25, 0.3) is 11.1 Å². The fourth-order valence-electron chi connectivity index (χ4n) is 3.58. The molecule has 3 aromatic rings. The Balaban J connectivity index is 1.84. The van der Waals surface area contributed by atoms with Gasteiger partial charge in [-0.05, 0) is 48.5 Å². The predicted molar refractivity (Wildman–Crippen MR) is 157 cm³/mol. The average molecular weight is 629 g/mol. The van der Waals surface area contributed by atoms with Gasteiger partial charge in [0.05, 0.1) is 0 Å². The van der Waals surface area contributed by atoms with E-state index in [4.69, 9.17) is 18.9 Å². The number of nitrogens with zero attached hydrogens (tertiary/aromatic N) is 4. The molecule has 0 aromatic heterocycles. The maximum Gasteiger partial charge on any atom is 0.342 e. The lowest BCUT2D eigenvalue weighted by Crippen LogP contribution is -2.23. The molecule has 0 heterocycles. The fraction of sp³-hybridized carbons (Fsp3) is 0.133. The van der Waals surface area contributed by atoms with Crippen molar-refractivity contribution in [3.8, 4) is 47.3 Å². The molecule has 0 unspecified atom stereocenters. The van der Waals surface area contributed by atoms with Gasteiger partial charge in [0, 0.05) is 20.2 Å². The Morgan fingerprint density at radius 2 is 0.977 bits per heavy atom. The van der Waals surface area contributed by atoms with Gasteiger partial charge in [-0.25, -0.2) is 9.59 Å². The third kappa shape index (κ3) is 8.15. The van der Waals surface area contributed by atoms with Gasteiger partial charge in [-0.15, -0.1) is 25.3 Å². The number of aromatic hydroxyl groups is 2. The topological polar surface area (TPSA) is 207 Å². The van der Waals surface area contributed by atoms with Crippen molar-refractivity contribution in [2.45, 2.75) is 9.79 Å². The molecular weight excluding hydrogens is 608 g/mol. The van der Waals surface area contributed by atoms with E-state index in [1.165, 1.54) is 48.5 Å². The zero-order chi connectivity index (χ0) is 32.2. The molecule has 0 saturated heterocycles. The van der Waals surface area contributed by atoms with Crippen molar-refractivity contribution in [2.24, 2.45) is 0 Å². The predicted octanol–water partition coefficient (Wildman–Crippen LogP) is 2.54. The van der Waals surface area contributed by atoms with Crippen molar-refractivity contribution < 1.29 is 38.7 Å². The van der Waals surface area contributed by atoms with Crippen LogP contribution in [0.5, 0.6) is 23.0 Å². The van der Waals surface area contributed by atoms with Crippen molar-refractivity contribution in [1.82, 2.24) is 0 Å². The van der Waals surface area contributed by atoms with Gasteiger partial charge in [0.1, 0.15) is 96.0 Å². The van der Waals surface area contributed by atoms with Crippen LogP contribution in [0.3, 0.4) is 0 Å². The van der Waals surface area contributed by atoms with Crippen LogP contribution in [0.4, 0.5) is 0 Å². The van der Waals surface area contributed by atoms with E-state index in [1.54, 1.807) is 24.3 Å². The SMILES string of the molecule is N#CC(C#N)=c1cc(OCCOC(=O)c2cc(S)ccc2O)c(=C(C#N)C#N)cc1OCCOC(=O)c1cc(S)ccc1O. The molecule has 3 rings (SSSR count).